The number of aliphatic hydroxyl groups is 1. The summed E-state index contributed by atoms with van der Waals surface area (Å²) in [6.07, 6.45) is 11.4. The molecule has 8 atom stereocenters. The Morgan fingerprint density at radius 3 is 2.72 bits per heavy atom. The lowest BCUT2D eigenvalue weighted by Crippen LogP contribution is -2.51. The number of tetrazole rings is 1. The zero-order valence-corrected chi connectivity index (χ0v) is 17.6. The molecular formula is C23H35FN4O. The summed E-state index contributed by atoms with van der Waals surface area (Å²) in [5.41, 5.74) is 0.550. The van der Waals surface area contributed by atoms with Crippen molar-refractivity contribution in [3.8, 4) is 0 Å². The number of halogens is 1. The van der Waals surface area contributed by atoms with E-state index in [1.807, 2.05) is 0 Å². The van der Waals surface area contributed by atoms with Crippen molar-refractivity contribution < 1.29 is 9.50 Å². The molecule has 5 nitrogen and oxygen atoms in total. The van der Waals surface area contributed by atoms with Crippen molar-refractivity contribution in [2.75, 3.05) is 6.67 Å². The van der Waals surface area contributed by atoms with Crippen molar-refractivity contribution in [2.24, 2.45) is 40.9 Å². The molecule has 29 heavy (non-hydrogen) atoms. The van der Waals surface area contributed by atoms with Gasteiger partial charge in [-0.1, -0.05) is 19.1 Å². The summed E-state index contributed by atoms with van der Waals surface area (Å²) in [5.74, 6) is 4.12. The molecule has 0 radical (unpaired) electrons. The average molecular weight is 403 g/mol. The van der Waals surface area contributed by atoms with Crippen LogP contribution in [0.3, 0.4) is 0 Å². The van der Waals surface area contributed by atoms with Gasteiger partial charge < -0.3 is 5.11 Å². The Bertz CT molecular complexity index is 754. The van der Waals surface area contributed by atoms with Crippen molar-refractivity contribution in [1.29, 1.82) is 0 Å². The minimum atomic E-state index is -1.04. The van der Waals surface area contributed by atoms with E-state index in [4.69, 9.17) is 0 Å². The van der Waals surface area contributed by atoms with Gasteiger partial charge in [0.2, 0.25) is 0 Å². The first-order valence-corrected chi connectivity index (χ1v) is 11.6. The summed E-state index contributed by atoms with van der Waals surface area (Å²) < 4.78 is 13.4. The first-order valence-electron chi connectivity index (χ1n) is 11.6. The number of hydrogen-bond donors (Lipinski definition) is 1. The van der Waals surface area contributed by atoms with Crippen LogP contribution in [0.4, 0.5) is 4.39 Å². The Labute approximate surface area is 173 Å². The molecule has 0 unspecified atom stereocenters. The molecule has 0 amide bonds. The van der Waals surface area contributed by atoms with Gasteiger partial charge in [0, 0.05) is 0 Å². The van der Waals surface area contributed by atoms with Gasteiger partial charge in [-0.15, -0.1) is 10.2 Å². The van der Waals surface area contributed by atoms with Crippen LogP contribution in [0.15, 0.2) is 18.5 Å². The molecule has 0 bridgehead atoms. The highest BCUT2D eigenvalue weighted by atomic mass is 19.1. The highest BCUT2D eigenvalue weighted by molar-refractivity contribution is 5.15. The van der Waals surface area contributed by atoms with Crippen LogP contribution in [0.5, 0.6) is 0 Å². The van der Waals surface area contributed by atoms with E-state index < -0.39 is 12.3 Å². The first-order chi connectivity index (χ1) is 13.9. The Balaban J connectivity index is 1.31. The fraction of sp³-hybridized carbons (Fsp3) is 0.870. The largest absolute Gasteiger partial charge is 0.387 e. The zero-order chi connectivity index (χ0) is 20.2. The summed E-state index contributed by atoms with van der Waals surface area (Å²) in [7, 11) is 0. The third-order valence-corrected chi connectivity index (χ3v) is 9.58. The van der Waals surface area contributed by atoms with E-state index in [1.165, 1.54) is 50.4 Å². The van der Waals surface area contributed by atoms with Crippen LogP contribution in [-0.4, -0.2) is 37.6 Å². The van der Waals surface area contributed by atoms with Crippen LogP contribution in [0.2, 0.25) is 0 Å². The van der Waals surface area contributed by atoms with E-state index in [0.29, 0.717) is 42.6 Å². The van der Waals surface area contributed by atoms with Gasteiger partial charge in [-0.05, 0) is 104 Å². The summed E-state index contributed by atoms with van der Waals surface area (Å²) in [6, 6.07) is 0. The second-order valence-corrected chi connectivity index (χ2v) is 10.8. The highest BCUT2D eigenvalue weighted by Crippen LogP contribution is 2.65. The van der Waals surface area contributed by atoms with Crippen molar-refractivity contribution in [3.05, 3.63) is 18.5 Å². The van der Waals surface area contributed by atoms with E-state index in [0.717, 1.165) is 24.2 Å². The molecule has 1 N–H and O–H groups in total. The first kappa shape index (κ1) is 19.7. The molecule has 4 saturated carbocycles. The molecular weight excluding hydrogens is 367 g/mol. The molecule has 0 aliphatic heterocycles. The van der Waals surface area contributed by atoms with Gasteiger partial charge in [0.25, 0.3) is 0 Å². The standard InChI is InChI=1S/C23H35FN4O/c1-15(12-28-26-14-25-27-28)20-5-6-21-19-4-3-16-11-23(29,13-24)10-8-17(16)18(19)7-9-22(20,21)2/h14,16-21,29H,1,3-13H2,2H3/t16-,17+,18-,19-,20-,21+,22-,23+/m1/s1. The predicted octanol–water partition coefficient (Wildman–Crippen LogP) is 4.20. The number of allylic oxidation sites excluding steroid dienone is 1. The van der Waals surface area contributed by atoms with Crippen molar-refractivity contribution in [3.63, 3.8) is 0 Å². The van der Waals surface area contributed by atoms with Gasteiger partial charge >= 0.3 is 0 Å². The molecule has 1 aromatic heterocycles. The topological polar surface area (TPSA) is 63.8 Å². The van der Waals surface area contributed by atoms with Gasteiger partial charge in [0.15, 0.2) is 6.33 Å². The number of alkyl halides is 1. The average Bonchev–Trinajstić information content (AvgIpc) is 3.34. The molecule has 4 aliphatic rings. The minimum absolute atomic E-state index is 0.333. The van der Waals surface area contributed by atoms with E-state index in [-0.39, 0.29) is 0 Å². The molecule has 0 saturated heterocycles. The Hall–Kier alpha value is -1.30. The fourth-order valence-corrected chi connectivity index (χ4v) is 8.31. The van der Waals surface area contributed by atoms with Crippen LogP contribution in [0.1, 0.15) is 64.7 Å². The molecule has 1 heterocycles. The molecule has 1 aromatic rings. The molecule has 0 spiro atoms. The quantitative estimate of drug-likeness (QED) is 0.767. The van der Waals surface area contributed by atoms with Crippen molar-refractivity contribution in [1.82, 2.24) is 20.2 Å². The van der Waals surface area contributed by atoms with Gasteiger partial charge in [-0.2, -0.15) is 4.80 Å². The van der Waals surface area contributed by atoms with Crippen LogP contribution < -0.4 is 0 Å². The van der Waals surface area contributed by atoms with Gasteiger partial charge in [-0.25, -0.2) is 4.39 Å². The summed E-state index contributed by atoms with van der Waals surface area (Å²) >= 11 is 0. The van der Waals surface area contributed by atoms with Gasteiger partial charge in [-0.3, -0.25) is 0 Å². The Kier molecular flexibility index (Phi) is 4.84. The molecule has 6 heteroatoms. The van der Waals surface area contributed by atoms with Crippen LogP contribution in [0.25, 0.3) is 0 Å². The van der Waals surface area contributed by atoms with E-state index in [2.05, 4.69) is 28.9 Å². The maximum atomic E-state index is 13.4. The lowest BCUT2D eigenvalue weighted by Gasteiger charge is -2.57. The molecule has 0 aromatic carbocycles. The third kappa shape index (κ3) is 3.17. The molecule has 5 rings (SSSR count). The normalized spacial score (nSPS) is 46.6. The lowest BCUT2D eigenvalue weighted by molar-refractivity contribution is -0.110. The Morgan fingerprint density at radius 1 is 1.14 bits per heavy atom. The lowest BCUT2D eigenvalue weighted by atomic mass is 9.48. The number of rotatable bonds is 4. The SMILES string of the molecule is C=C(Cn1ncnn1)[C@H]1CC[C@H]2[C@@H]3CC[C@@H]4C[C@](O)(CF)CC[C@@H]4[C@H]3CC[C@]12C. The number of fused-ring (bicyclic) bond motifs is 5. The maximum Gasteiger partial charge on any atom is 0.162 e. The molecule has 4 aliphatic carbocycles. The fourth-order valence-electron chi connectivity index (χ4n) is 8.31. The predicted molar refractivity (Wildman–Crippen MR) is 108 cm³/mol. The summed E-state index contributed by atoms with van der Waals surface area (Å²) in [6.45, 7) is 7.07. The molecule has 160 valence electrons. The van der Waals surface area contributed by atoms with Crippen molar-refractivity contribution >= 4 is 0 Å². The van der Waals surface area contributed by atoms with Crippen LogP contribution in [-0.2, 0) is 6.54 Å². The van der Waals surface area contributed by atoms with Crippen LogP contribution in [0, 0.1) is 40.9 Å². The van der Waals surface area contributed by atoms with E-state index >= 15 is 0 Å². The second kappa shape index (κ2) is 7.14. The second-order valence-electron chi connectivity index (χ2n) is 10.8. The summed E-state index contributed by atoms with van der Waals surface area (Å²) in [4.78, 5) is 1.66. The zero-order valence-electron chi connectivity index (χ0n) is 17.6. The number of nitrogens with zero attached hydrogens (tertiary/aromatic N) is 4. The van der Waals surface area contributed by atoms with Crippen LogP contribution >= 0.6 is 0 Å². The number of aromatic nitrogens is 4. The third-order valence-electron chi connectivity index (χ3n) is 9.58. The minimum Gasteiger partial charge on any atom is -0.387 e. The highest BCUT2D eigenvalue weighted by Gasteiger charge is 2.58. The summed E-state index contributed by atoms with van der Waals surface area (Å²) in [5, 5.41) is 22.5. The monoisotopic (exact) mass is 402 g/mol. The number of hydrogen-bond acceptors (Lipinski definition) is 4. The van der Waals surface area contributed by atoms with E-state index in [1.54, 1.807) is 4.80 Å². The van der Waals surface area contributed by atoms with E-state index in [9.17, 15) is 9.50 Å². The maximum absolute atomic E-state index is 13.4. The van der Waals surface area contributed by atoms with Crippen molar-refractivity contribution in [2.45, 2.75) is 76.9 Å². The smallest absolute Gasteiger partial charge is 0.162 e. The Morgan fingerprint density at radius 2 is 1.97 bits per heavy atom. The van der Waals surface area contributed by atoms with Gasteiger partial charge in [0.05, 0.1) is 12.1 Å². The molecule has 4 fully saturated rings. The van der Waals surface area contributed by atoms with Gasteiger partial charge in [0.1, 0.15) is 6.67 Å².